The van der Waals surface area contributed by atoms with Crippen LogP contribution in [0.1, 0.15) is 29.7 Å². The number of benzene rings is 2. The first-order chi connectivity index (χ1) is 21.2. The molecule has 224 valence electrons. The monoisotopic (exact) mass is 609 g/mol. The number of aromatic nitrogens is 6. The lowest BCUT2D eigenvalue weighted by molar-refractivity contribution is -0.109. The number of methoxy groups -OCH3 is 1. The highest BCUT2D eigenvalue weighted by atomic mass is 35.5. The van der Waals surface area contributed by atoms with Crippen molar-refractivity contribution < 1.29 is 9.53 Å². The van der Waals surface area contributed by atoms with E-state index in [0.717, 1.165) is 34.1 Å². The lowest BCUT2D eigenvalue weighted by Gasteiger charge is -2.33. The van der Waals surface area contributed by atoms with Crippen LogP contribution in [0.4, 0.5) is 5.69 Å². The van der Waals surface area contributed by atoms with Crippen LogP contribution in [0, 0.1) is 6.92 Å². The van der Waals surface area contributed by atoms with Crippen LogP contribution in [0.5, 0.6) is 5.75 Å². The molecule has 2 aromatic carbocycles. The van der Waals surface area contributed by atoms with Gasteiger partial charge in [0.1, 0.15) is 28.9 Å². The highest BCUT2D eigenvalue weighted by Crippen LogP contribution is 2.39. The summed E-state index contributed by atoms with van der Waals surface area (Å²) in [5.41, 5.74) is 5.09. The molecule has 0 radical (unpaired) electrons. The predicted octanol–water partition coefficient (Wildman–Crippen LogP) is 5.62. The Labute approximate surface area is 259 Å². The van der Waals surface area contributed by atoms with Gasteiger partial charge >= 0.3 is 0 Å². The Kier molecular flexibility index (Phi) is 7.69. The zero-order valence-electron chi connectivity index (χ0n) is 25.2. The number of hydrogen-bond acceptors (Lipinski definition) is 7. The molecule has 0 N–H and O–H groups in total. The van der Waals surface area contributed by atoms with E-state index >= 15 is 0 Å². The van der Waals surface area contributed by atoms with Crippen LogP contribution in [-0.2, 0) is 32.0 Å². The van der Waals surface area contributed by atoms with Gasteiger partial charge in [-0.2, -0.15) is 10.2 Å². The molecule has 1 unspecified atom stereocenters. The van der Waals surface area contributed by atoms with Gasteiger partial charge in [0.2, 0.25) is 0 Å². The summed E-state index contributed by atoms with van der Waals surface area (Å²) in [4.78, 5) is 33.9. The maximum absolute atomic E-state index is 13.8. The molecule has 11 heteroatoms. The number of aryl methyl sites for hydroxylation is 4. The van der Waals surface area contributed by atoms with E-state index in [1.165, 1.54) is 0 Å². The van der Waals surface area contributed by atoms with E-state index in [9.17, 15) is 9.59 Å². The van der Waals surface area contributed by atoms with Gasteiger partial charge in [-0.3, -0.25) is 14.0 Å². The smallest absolute Gasteiger partial charge is 0.259 e. The summed E-state index contributed by atoms with van der Waals surface area (Å²) in [6.45, 7) is 4.86. The molecule has 4 heterocycles. The zero-order valence-corrected chi connectivity index (χ0v) is 25.9. The van der Waals surface area contributed by atoms with Crippen molar-refractivity contribution in [1.29, 1.82) is 0 Å². The number of rotatable bonds is 9. The van der Waals surface area contributed by atoms with Gasteiger partial charge in [-0.15, -0.1) is 0 Å². The molecule has 0 aliphatic rings. The molecule has 0 spiro atoms. The molecule has 0 aliphatic carbocycles. The minimum Gasteiger partial charge on any atom is -0.497 e. The quantitative estimate of drug-likeness (QED) is 0.155. The van der Waals surface area contributed by atoms with E-state index in [0.29, 0.717) is 51.6 Å². The van der Waals surface area contributed by atoms with Crippen LogP contribution in [0.15, 0.2) is 71.9 Å². The standard InChI is InChI=1S/C33H32ClN7O3/c1-6-41-32-26(16-36-41)30-24(13-20(2)14-25(30)33(43)39(32)4)28(19-42)40(17-21-7-9-23(44-5)10-8-21)27-11-12-29(34)37-31(27)22-15-35-38(3)18-22/h7-16,18-19,28H,6,17H2,1-5H3. The fraction of sp³-hybridized carbons (Fsp3) is 0.242. The van der Waals surface area contributed by atoms with Crippen LogP contribution in [0.3, 0.4) is 0 Å². The summed E-state index contributed by atoms with van der Waals surface area (Å²) in [6.07, 6.45) is 6.28. The molecule has 10 nitrogen and oxygen atoms in total. The van der Waals surface area contributed by atoms with Gasteiger partial charge in [-0.1, -0.05) is 29.8 Å². The van der Waals surface area contributed by atoms with Gasteiger partial charge in [0, 0.05) is 55.1 Å². The Hall–Kier alpha value is -4.96. The molecule has 0 aliphatic heterocycles. The topological polar surface area (TPSA) is 100 Å². The first-order valence-electron chi connectivity index (χ1n) is 14.2. The molecule has 0 saturated heterocycles. The number of halogens is 1. The van der Waals surface area contributed by atoms with Crippen molar-refractivity contribution in [3.8, 4) is 17.0 Å². The highest BCUT2D eigenvalue weighted by molar-refractivity contribution is 6.29. The van der Waals surface area contributed by atoms with E-state index in [-0.39, 0.29) is 5.56 Å². The molecule has 0 amide bonds. The number of carbonyl (C=O) groups excluding carboxylic acids is 1. The maximum atomic E-state index is 13.8. The second-order valence-electron chi connectivity index (χ2n) is 10.8. The molecule has 6 rings (SSSR count). The molecule has 0 saturated carbocycles. The van der Waals surface area contributed by atoms with Crippen LogP contribution < -0.4 is 15.2 Å². The van der Waals surface area contributed by atoms with Crippen LogP contribution in [0.2, 0.25) is 5.15 Å². The maximum Gasteiger partial charge on any atom is 0.259 e. The van der Waals surface area contributed by atoms with Gasteiger partial charge < -0.3 is 14.4 Å². The van der Waals surface area contributed by atoms with E-state index < -0.39 is 6.04 Å². The number of fused-ring (bicyclic) bond motifs is 3. The van der Waals surface area contributed by atoms with Crippen molar-refractivity contribution in [2.45, 2.75) is 33.0 Å². The van der Waals surface area contributed by atoms with Crippen molar-refractivity contribution in [2.24, 2.45) is 14.1 Å². The summed E-state index contributed by atoms with van der Waals surface area (Å²) in [5, 5.41) is 11.3. The van der Waals surface area contributed by atoms with E-state index in [2.05, 4.69) is 10.2 Å². The fourth-order valence-electron chi connectivity index (χ4n) is 5.93. The minimum atomic E-state index is -0.807. The summed E-state index contributed by atoms with van der Waals surface area (Å²) in [7, 11) is 5.21. The summed E-state index contributed by atoms with van der Waals surface area (Å²) in [5.74, 6) is 0.729. The molecular weight excluding hydrogens is 578 g/mol. The Morgan fingerprint density at radius 1 is 1.05 bits per heavy atom. The van der Waals surface area contributed by atoms with Crippen molar-refractivity contribution in [2.75, 3.05) is 12.0 Å². The van der Waals surface area contributed by atoms with Gasteiger partial charge in [0.05, 0.1) is 30.9 Å². The van der Waals surface area contributed by atoms with Crippen molar-refractivity contribution >= 4 is 45.4 Å². The predicted molar refractivity (Wildman–Crippen MR) is 172 cm³/mol. The van der Waals surface area contributed by atoms with Gasteiger partial charge in [-0.05, 0) is 60.9 Å². The molecule has 44 heavy (non-hydrogen) atoms. The number of aldehydes is 1. The zero-order chi connectivity index (χ0) is 31.1. The van der Waals surface area contributed by atoms with Crippen LogP contribution in [-0.4, -0.2) is 42.5 Å². The number of nitrogens with zero attached hydrogens (tertiary/aromatic N) is 7. The van der Waals surface area contributed by atoms with Crippen molar-refractivity contribution in [3.05, 3.63) is 99.3 Å². The number of hydrogen-bond donors (Lipinski definition) is 0. The Bertz CT molecular complexity index is 2080. The third kappa shape index (κ3) is 5.01. The Balaban J connectivity index is 1.65. The first kappa shape index (κ1) is 29.1. The normalized spacial score (nSPS) is 12.1. The number of pyridine rings is 2. The summed E-state index contributed by atoms with van der Waals surface area (Å²) >= 11 is 6.43. The average Bonchev–Trinajstić information content (AvgIpc) is 3.66. The first-order valence-corrected chi connectivity index (χ1v) is 14.6. The average molecular weight is 610 g/mol. The number of carbonyl (C=O) groups is 1. The molecule has 4 aromatic heterocycles. The number of anilines is 1. The van der Waals surface area contributed by atoms with Gasteiger partial charge in [-0.25, -0.2) is 9.67 Å². The minimum absolute atomic E-state index is 0.150. The molecule has 1 atom stereocenters. The molecule has 0 bridgehead atoms. The Morgan fingerprint density at radius 2 is 1.82 bits per heavy atom. The van der Waals surface area contributed by atoms with Gasteiger partial charge in [0.25, 0.3) is 5.56 Å². The Morgan fingerprint density at radius 3 is 2.48 bits per heavy atom. The lowest BCUT2D eigenvalue weighted by Crippen LogP contribution is -2.31. The van der Waals surface area contributed by atoms with E-state index in [1.807, 2.05) is 74.5 Å². The second-order valence-corrected chi connectivity index (χ2v) is 11.2. The SMILES string of the molecule is CCn1ncc2c3c(C(C=O)N(Cc4ccc(OC)cc4)c4ccc(Cl)nc4-c4cnn(C)c4)cc(C)cc3c(=O)n(C)c21. The van der Waals surface area contributed by atoms with Crippen LogP contribution >= 0.6 is 11.6 Å². The fourth-order valence-corrected chi connectivity index (χ4v) is 6.07. The number of ether oxygens (including phenoxy) is 1. The molecule has 0 fully saturated rings. The molecular formula is C33H32ClN7O3. The third-order valence-electron chi connectivity index (χ3n) is 7.97. The van der Waals surface area contributed by atoms with Gasteiger partial charge in [0.15, 0.2) is 0 Å². The molecule has 6 aromatic rings. The van der Waals surface area contributed by atoms with Crippen molar-refractivity contribution in [1.82, 2.24) is 29.1 Å². The summed E-state index contributed by atoms with van der Waals surface area (Å²) < 4.78 is 10.5. The third-order valence-corrected chi connectivity index (χ3v) is 8.18. The van der Waals surface area contributed by atoms with Crippen molar-refractivity contribution in [3.63, 3.8) is 0 Å². The second kappa shape index (κ2) is 11.6. The van der Waals surface area contributed by atoms with Crippen LogP contribution in [0.25, 0.3) is 33.1 Å². The summed E-state index contributed by atoms with van der Waals surface area (Å²) in [6, 6.07) is 14.4. The lowest BCUT2D eigenvalue weighted by atomic mass is 9.94. The van der Waals surface area contributed by atoms with E-state index in [4.69, 9.17) is 21.3 Å². The van der Waals surface area contributed by atoms with E-state index in [1.54, 1.807) is 46.5 Å². The highest BCUT2D eigenvalue weighted by Gasteiger charge is 2.29. The largest absolute Gasteiger partial charge is 0.497 e.